The predicted octanol–water partition coefficient (Wildman–Crippen LogP) is 13.2. The van der Waals surface area contributed by atoms with Crippen LogP contribution in [0.4, 0.5) is 45.5 Å². The van der Waals surface area contributed by atoms with E-state index in [4.69, 9.17) is 0 Å². The summed E-state index contributed by atoms with van der Waals surface area (Å²) in [7, 11) is -2.19. The van der Waals surface area contributed by atoms with Crippen LogP contribution in [0.1, 0.15) is 135 Å². The molecule has 0 bridgehead atoms. The van der Waals surface area contributed by atoms with Crippen LogP contribution in [-0.4, -0.2) is 20.3 Å². The first-order chi connectivity index (χ1) is 30.4. The summed E-state index contributed by atoms with van der Waals surface area (Å²) in [4.78, 5) is 8.21. The lowest BCUT2D eigenvalue weighted by atomic mass is 9.33. The molecule has 0 saturated heterocycles. The highest BCUT2D eigenvalue weighted by molar-refractivity contribution is 7.16. The number of hydrogen-bond acceptors (Lipinski definition) is 3. The van der Waals surface area contributed by atoms with E-state index >= 15 is 0 Å². The molecule has 0 aromatic heterocycles. The van der Waals surface area contributed by atoms with Gasteiger partial charge in [0.05, 0.1) is 5.54 Å². The maximum absolute atomic E-state index is 2.83. The second-order valence-corrected chi connectivity index (χ2v) is 29.2. The summed E-state index contributed by atoms with van der Waals surface area (Å²) in [6.45, 7) is 36.3. The molecule has 6 aromatic carbocycles. The highest BCUT2D eigenvalue weighted by Crippen LogP contribution is 2.62. The Bertz CT molecular complexity index is 2830. The standard InChI is InChI=1S/C60H70BN3Si/c1-37-30-47-54-51(32-37)65(14,15)52-33-38(2)31-48-55(52)61(54)53-49(62(47)42-23-18-39(19-24-42)56(3,4)5)35-44(36-50(53)63(48)43-25-20-40(21-26-43)57(6,7)8)64-46-27-22-41(58(9,10)11)34-45(46)59(12)28-16-17-29-60(59,64)13/h18-27,30-36H,16-17,28-29H2,1-15H3. The number of hydrogen-bond donors (Lipinski definition) is 0. The smallest absolute Gasteiger partial charge is 0.251 e. The average Bonchev–Trinajstić information content (AvgIpc) is 3.44. The van der Waals surface area contributed by atoms with E-state index in [0.29, 0.717) is 0 Å². The first kappa shape index (κ1) is 42.6. The van der Waals surface area contributed by atoms with E-state index in [1.54, 1.807) is 10.4 Å². The van der Waals surface area contributed by atoms with Gasteiger partial charge in [0.25, 0.3) is 6.71 Å². The summed E-state index contributed by atoms with van der Waals surface area (Å²) < 4.78 is 0. The fourth-order valence-electron chi connectivity index (χ4n) is 13.2. The van der Waals surface area contributed by atoms with Crippen molar-refractivity contribution in [3.05, 3.63) is 137 Å². The van der Waals surface area contributed by atoms with Gasteiger partial charge in [0, 0.05) is 50.9 Å². The van der Waals surface area contributed by atoms with Gasteiger partial charge >= 0.3 is 0 Å². The zero-order valence-corrected chi connectivity index (χ0v) is 43.1. The molecule has 0 N–H and O–H groups in total. The molecule has 11 rings (SSSR count). The minimum Gasteiger partial charge on any atom is -0.334 e. The van der Waals surface area contributed by atoms with Gasteiger partial charge in [-0.25, -0.2) is 0 Å². The maximum Gasteiger partial charge on any atom is 0.251 e. The fraction of sp³-hybridized carbons (Fsp3) is 0.400. The Morgan fingerprint density at radius 3 is 1.37 bits per heavy atom. The topological polar surface area (TPSA) is 9.72 Å². The van der Waals surface area contributed by atoms with Gasteiger partial charge in [0.15, 0.2) is 0 Å². The number of nitrogens with zero attached hydrogens (tertiary/aromatic N) is 3. The van der Waals surface area contributed by atoms with Crippen molar-refractivity contribution in [3.63, 3.8) is 0 Å². The van der Waals surface area contributed by atoms with Gasteiger partial charge in [-0.1, -0.05) is 154 Å². The Hall–Kier alpha value is -5.00. The molecular formula is C60H70BN3Si. The van der Waals surface area contributed by atoms with Crippen LogP contribution in [0, 0.1) is 13.8 Å². The van der Waals surface area contributed by atoms with Crippen molar-refractivity contribution in [3.8, 4) is 0 Å². The van der Waals surface area contributed by atoms with Crippen LogP contribution in [-0.2, 0) is 21.7 Å². The number of anilines is 8. The van der Waals surface area contributed by atoms with E-state index in [1.165, 1.54) is 115 Å². The maximum atomic E-state index is 2.83. The highest BCUT2D eigenvalue weighted by atomic mass is 28.3. The largest absolute Gasteiger partial charge is 0.334 e. The summed E-state index contributed by atoms with van der Waals surface area (Å²) in [5.74, 6) is 0. The molecule has 1 saturated carbocycles. The van der Waals surface area contributed by atoms with Crippen LogP contribution < -0.4 is 41.5 Å². The quantitative estimate of drug-likeness (QED) is 0.164. The zero-order valence-electron chi connectivity index (χ0n) is 42.1. The minimum absolute atomic E-state index is 0.0106. The summed E-state index contributed by atoms with van der Waals surface area (Å²) in [6, 6.07) is 42.1. The Morgan fingerprint density at radius 2 is 0.908 bits per heavy atom. The van der Waals surface area contributed by atoms with Crippen molar-refractivity contribution >= 4 is 87.0 Å². The lowest BCUT2D eigenvalue weighted by Crippen LogP contribution is -2.79. The number of fused-ring (bicyclic) bond motifs is 3. The van der Waals surface area contributed by atoms with Gasteiger partial charge in [-0.05, 0) is 154 Å². The molecule has 0 amide bonds. The second kappa shape index (κ2) is 13.6. The van der Waals surface area contributed by atoms with Crippen LogP contribution in [0.2, 0.25) is 13.1 Å². The van der Waals surface area contributed by atoms with Crippen molar-refractivity contribution in [1.29, 1.82) is 0 Å². The minimum atomic E-state index is -2.19. The number of benzene rings is 6. The van der Waals surface area contributed by atoms with E-state index in [1.807, 2.05) is 0 Å². The molecule has 65 heavy (non-hydrogen) atoms. The molecule has 5 aliphatic rings. The highest BCUT2D eigenvalue weighted by Gasteiger charge is 2.59. The zero-order chi connectivity index (χ0) is 46.1. The van der Waals surface area contributed by atoms with E-state index in [9.17, 15) is 0 Å². The van der Waals surface area contributed by atoms with Gasteiger partial charge in [0.2, 0.25) is 0 Å². The molecule has 1 aliphatic carbocycles. The summed E-state index contributed by atoms with van der Waals surface area (Å²) in [5.41, 5.74) is 23.4. The second-order valence-electron chi connectivity index (χ2n) is 24.8. The lowest BCUT2D eigenvalue weighted by molar-refractivity contribution is 0.195. The first-order valence-electron chi connectivity index (χ1n) is 24.7. The average molecular weight is 872 g/mol. The van der Waals surface area contributed by atoms with Gasteiger partial charge in [-0.3, -0.25) is 0 Å². The Morgan fingerprint density at radius 1 is 0.477 bits per heavy atom. The SMILES string of the molecule is Cc1cc2c3c(c1)[Si](C)(C)c1cc(C)cc4c1B3c1c(cc(N3c5ccc(C(C)(C)C)cc5C5(C)CCCCC35C)cc1N4c1ccc(C(C)(C)C)cc1)N2c1ccc(C(C)(C)C)cc1. The summed E-state index contributed by atoms with van der Waals surface area (Å²) in [6.07, 6.45) is 4.86. The van der Waals surface area contributed by atoms with Gasteiger partial charge < -0.3 is 14.7 Å². The molecule has 2 unspecified atom stereocenters. The first-order valence-corrected chi connectivity index (χ1v) is 27.7. The van der Waals surface area contributed by atoms with Crippen LogP contribution in [0.3, 0.4) is 0 Å². The number of aryl methyl sites for hydroxylation is 2. The van der Waals surface area contributed by atoms with E-state index in [0.717, 1.165) is 6.42 Å². The van der Waals surface area contributed by atoms with Crippen LogP contribution in [0.5, 0.6) is 0 Å². The van der Waals surface area contributed by atoms with Gasteiger partial charge in [0.1, 0.15) is 8.07 Å². The summed E-state index contributed by atoms with van der Waals surface area (Å²) in [5, 5.41) is 3.19. The van der Waals surface area contributed by atoms with Gasteiger partial charge in [-0.15, -0.1) is 0 Å². The molecule has 1 fully saturated rings. The molecule has 0 spiro atoms. The summed E-state index contributed by atoms with van der Waals surface area (Å²) >= 11 is 0. The molecular weight excluding hydrogens is 802 g/mol. The van der Waals surface area contributed by atoms with Crippen molar-refractivity contribution in [1.82, 2.24) is 0 Å². The predicted molar refractivity (Wildman–Crippen MR) is 286 cm³/mol. The van der Waals surface area contributed by atoms with Crippen molar-refractivity contribution < 1.29 is 0 Å². The van der Waals surface area contributed by atoms with E-state index < -0.39 is 8.07 Å². The third-order valence-electron chi connectivity index (χ3n) is 17.1. The van der Waals surface area contributed by atoms with Crippen LogP contribution >= 0.6 is 0 Å². The van der Waals surface area contributed by atoms with E-state index in [2.05, 4.69) is 221 Å². The molecule has 4 aliphatic heterocycles. The molecule has 3 nitrogen and oxygen atoms in total. The molecule has 332 valence electrons. The fourth-order valence-corrected chi connectivity index (χ4v) is 16.6. The van der Waals surface area contributed by atoms with Crippen molar-refractivity contribution in [2.75, 3.05) is 14.7 Å². The molecule has 4 heterocycles. The van der Waals surface area contributed by atoms with Gasteiger partial charge in [-0.2, -0.15) is 0 Å². The Kier molecular flexibility index (Phi) is 8.89. The van der Waals surface area contributed by atoms with Crippen LogP contribution in [0.15, 0.2) is 103 Å². The molecule has 0 radical (unpaired) electrons. The van der Waals surface area contributed by atoms with Crippen LogP contribution in [0.25, 0.3) is 0 Å². The van der Waals surface area contributed by atoms with E-state index in [-0.39, 0.29) is 33.9 Å². The number of rotatable bonds is 3. The molecule has 2 atom stereocenters. The Labute approximate surface area is 392 Å². The molecule has 5 heteroatoms. The molecule has 6 aromatic rings. The third kappa shape index (κ3) is 5.92. The third-order valence-corrected chi connectivity index (χ3v) is 20.6. The van der Waals surface area contributed by atoms with Crippen molar-refractivity contribution in [2.24, 2.45) is 0 Å². The van der Waals surface area contributed by atoms with Crippen molar-refractivity contribution in [2.45, 2.75) is 156 Å². The normalized spacial score (nSPS) is 21.3. The lowest BCUT2D eigenvalue weighted by Gasteiger charge is -2.52. The monoisotopic (exact) mass is 872 g/mol. The Balaban J connectivity index is 1.27.